The molecule has 3 aliphatic rings. The molecule has 2 aliphatic carbocycles. The lowest BCUT2D eigenvalue weighted by atomic mass is 9.81. The van der Waals surface area contributed by atoms with Gasteiger partial charge in [-0.1, -0.05) is 13.0 Å². The van der Waals surface area contributed by atoms with E-state index in [1.165, 1.54) is 5.56 Å². The normalized spacial score (nSPS) is 24.3. The van der Waals surface area contributed by atoms with Gasteiger partial charge in [0.25, 0.3) is 0 Å². The first-order chi connectivity index (χ1) is 14.6. The van der Waals surface area contributed by atoms with Crippen molar-refractivity contribution in [2.75, 3.05) is 6.54 Å². The number of ketones is 2. The molecule has 0 saturated heterocycles. The number of cyclic esters (lactones) is 1. The van der Waals surface area contributed by atoms with Crippen molar-refractivity contribution < 1.29 is 23.9 Å². The third-order valence-corrected chi connectivity index (χ3v) is 7.35. The van der Waals surface area contributed by atoms with Gasteiger partial charge in [-0.15, -0.1) is 0 Å². The number of allylic oxidation sites excluding steroid dienone is 1. The Morgan fingerprint density at radius 3 is 2.45 bits per heavy atom. The van der Waals surface area contributed by atoms with E-state index in [0.717, 1.165) is 24.0 Å². The number of benzene rings is 1. The number of fused-ring (bicyclic) bond motifs is 1. The van der Waals surface area contributed by atoms with Crippen molar-refractivity contribution in [1.29, 1.82) is 0 Å². The van der Waals surface area contributed by atoms with Crippen LogP contribution in [0.5, 0.6) is 5.75 Å². The summed E-state index contributed by atoms with van der Waals surface area (Å²) in [6.45, 7) is 9.01. The number of ether oxygens (including phenoxy) is 2. The molecule has 0 spiro atoms. The molecule has 1 aromatic carbocycles. The van der Waals surface area contributed by atoms with Gasteiger partial charge in [0.05, 0.1) is 6.54 Å². The van der Waals surface area contributed by atoms with E-state index in [1.807, 2.05) is 13.8 Å². The predicted octanol–water partition coefficient (Wildman–Crippen LogP) is 3.91. The molecular weight excluding hydrogens is 394 g/mol. The van der Waals surface area contributed by atoms with Gasteiger partial charge >= 0.3 is 5.97 Å². The van der Waals surface area contributed by atoms with Crippen LogP contribution in [0.15, 0.2) is 17.4 Å². The number of hydrogen-bond acceptors (Lipinski definition) is 6. The number of Topliss-reactive ketones (excluding diaryl/α,β-unsaturated/α-hetero) is 2. The summed E-state index contributed by atoms with van der Waals surface area (Å²) in [7, 11) is 0. The second-order valence-electron chi connectivity index (χ2n) is 9.39. The van der Waals surface area contributed by atoms with Crippen molar-refractivity contribution in [1.82, 2.24) is 0 Å². The quantitative estimate of drug-likeness (QED) is 0.548. The fourth-order valence-corrected chi connectivity index (χ4v) is 4.96. The minimum atomic E-state index is -0.679. The van der Waals surface area contributed by atoms with Crippen LogP contribution in [-0.4, -0.2) is 30.2 Å². The molecule has 2 fully saturated rings. The Bertz CT molecular complexity index is 1010. The van der Waals surface area contributed by atoms with Gasteiger partial charge in [0.1, 0.15) is 11.3 Å². The van der Waals surface area contributed by atoms with Gasteiger partial charge in [-0.25, -0.2) is 4.79 Å². The zero-order valence-electron chi connectivity index (χ0n) is 19.0. The fourth-order valence-electron chi connectivity index (χ4n) is 4.96. The Kier molecular flexibility index (Phi) is 5.32. The number of carbonyl (C=O) groups is 3. The molecule has 2 atom stereocenters. The smallest absolute Gasteiger partial charge is 0.347 e. The maximum Gasteiger partial charge on any atom is 0.347 e. The molecule has 0 radical (unpaired) electrons. The fraction of sp³-hybridized carbons (Fsp3) is 0.560. The van der Waals surface area contributed by atoms with Crippen LogP contribution < -0.4 is 10.5 Å². The first-order valence-corrected chi connectivity index (χ1v) is 11.1. The number of nitrogens with two attached hydrogens (primary N) is 1. The van der Waals surface area contributed by atoms with Gasteiger partial charge in [0.15, 0.2) is 23.4 Å². The summed E-state index contributed by atoms with van der Waals surface area (Å²) in [6.07, 6.45) is 3.03. The number of hydrogen-bond donors (Lipinski definition) is 1. The van der Waals surface area contributed by atoms with Gasteiger partial charge in [0, 0.05) is 16.9 Å². The zero-order valence-corrected chi connectivity index (χ0v) is 19.0. The number of carbonyl (C=O) groups excluding carboxylic acids is 3. The van der Waals surface area contributed by atoms with Crippen molar-refractivity contribution >= 4 is 17.5 Å². The van der Waals surface area contributed by atoms with E-state index in [1.54, 1.807) is 20.8 Å². The average molecular weight is 426 g/mol. The average Bonchev–Trinajstić information content (AvgIpc) is 3.63. The third kappa shape index (κ3) is 3.51. The molecule has 2 saturated carbocycles. The molecule has 4 rings (SSSR count). The molecule has 6 nitrogen and oxygen atoms in total. The molecule has 0 amide bonds. The Morgan fingerprint density at radius 2 is 1.90 bits per heavy atom. The molecule has 166 valence electrons. The summed E-state index contributed by atoms with van der Waals surface area (Å²) in [6, 6.07) is 2.06. The van der Waals surface area contributed by atoms with Crippen LogP contribution in [0.25, 0.3) is 0 Å². The molecule has 0 bridgehead atoms. The van der Waals surface area contributed by atoms with Crippen molar-refractivity contribution in [2.24, 2.45) is 17.1 Å². The van der Waals surface area contributed by atoms with E-state index in [0.29, 0.717) is 35.6 Å². The molecule has 1 aliphatic heterocycles. The van der Waals surface area contributed by atoms with E-state index in [-0.39, 0.29) is 23.9 Å². The highest BCUT2D eigenvalue weighted by Crippen LogP contribution is 2.53. The van der Waals surface area contributed by atoms with E-state index >= 15 is 0 Å². The van der Waals surface area contributed by atoms with Gasteiger partial charge in [-0.3, -0.25) is 9.59 Å². The molecule has 0 aromatic heterocycles. The number of aryl methyl sites for hydroxylation is 1. The standard InChI is InChI=1S/C25H31NO5/c1-12-10-18(17-6-7-17)13(2)23-20(12)24(29)31-22(16(5)30-23)14(3)21(28)15(4)25(8-9-25)19(27)11-26/h10,15-17H,6-9,11,26H2,1-5H3/b22-14+. The molecule has 31 heavy (non-hydrogen) atoms. The summed E-state index contributed by atoms with van der Waals surface area (Å²) in [4.78, 5) is 38.7. The summed E-state index contributed by atoms with van der Waals surface area (Å²) < 4.78 is 12.0. The van der Waals surface area contributed by atoms with Crippen LogP contribution in [0.4, 0.5) is 0 Å². The molecule has 1 aromatic rings. The zero-order chi connectivity index (χ0) is 22.7. The monoisotopic (exact) mass is 425 g/mol. The summed E-state index contributed by atoms with van der Waals surface area (Å²) in [5.74, 6) is 0.000592. The van der Waals surface area contributed by atoms with E-state index < -0.39 is 23.4 Å². The summed E-state index contributed by atoms with van der Waals surface area (Å²) >= 11 is 0. The van der Waals surface area contributed by atoms with Crippen LogP contribution in [0.1, 0.15) is 79.4 Å². The lowest BCUT2D eigenvalue weighted by Crippen LogP contribution is -2.35. The maximum atomic E-state index is 13.3. The van der Waals surface area contributed by atoms with Crippen LogP contribution in [0, 0.1) is 25.2 Å². The van der Waals surface area contributed by atoms with Crippen molar-refractivity contribution in [3.8, 4) is 5.75 Å². The van der Waals surface area contributed by atoms with Crippen LogP contribution in [-0.2, 0) is 14.3 Å². The highest BCUT2D eigenvalue weighted by atomic mass is 16.6. The Balaban J connectivity index is 1.69. The van der Waals surface area contributed by atoms with Crippen molar-refractivity contribution in [2.45, 2.75) is 72.3 Å². The van der Waals surface area contributed by atoms with Gasteiger partial charge in [-0.05, 0) is 76.0 Å². The minimum absolute atomic E-state index is 0.0705. The van der Waals surface area contributed by atoms with Crippen LogP contribution >= 0.6 is 0 Å². The van der Waals surface area contributed by atoms with E-state index in [4.69, 9.17) is 15.2 Å². The Morgan fingerprint density at radius 1 is 1.26 bits per heavy atom. The largest absolute Gasteiger partial charge is 0.482 e. The highest BCUT2D eigenvalue weighted by Gasteiger charge is 2.55. The van der Waals surface area contributed by atoms with Crippen LogP contribution in [0.3, 0.4) is 0 Å². The lowest BCUT2D eigenvalue weighted by Gasteiger charge is -2.23. The van der Waals surface area contributed by atoms with Gasteiger partial charge in [-0.2, -0.15) is 0 Å². The molecule has 2 unspecified atom stereocenters. The van der Waals surface area contributed by atoms with Crippen LogP contribution in [0.2, 0.25) is 0 Å². The molecule has 2 N–H and O–H groups in total. The van der Waals surface area contributed by atoms with Gasteiger partial charge in [0.2, 0.25) is 0 Å². The molecular formula is C25H31NO5. The summed E-state index contributed by atoms with van der Waals surface area (Å²) in [5, 5.41) is 0. The first kappa shape index (κ1) is 21.8. The highest BCUT2D eigenvalue weighted by molar-refractivity contribution is 6.03. The van der Waals surface area contributed by atoms with E-state index in [9.17, 15) is 14.4 Å². The Labute approximate surface area is 183 Å². The Hall–Kier alpha value is -2.47. The van der Waals surface area contributed by atoms with Gasteiger partial charge < -0.3 is 15.2 Å². The molecule has 1 heterocycles. The summed E-state index contributed by atoms with van der Waals surface area (Å²) in [5.41, 5.74) is 8.66. The second-order valence-corrected chi connectivity index (χ2v) is 9.39. The van der Waals surface area contributed by atoms with E-state index in [2.05, 4.69) is 6.07 Å². The van der Waals surface area contributed by atoms with Crippen molar-refractivity contribution in [3.63, 3.8) is 0 Å². The SMILES string of the molecule is C/C(C(=O)C(C)C1(C(=O)CN)CC1)=C1\OC(=O)c2c(C)cc(C3CC3)c(C)c2OC1C. The maximum absolute atomic E-state index is 13.3. The second kappa shape index (κ2) is 7.59. The minimum Gasteiger partial charge on any atom is -0.482 e. The predicted molar refractivity (Wildman–Crippen MR) is 116 cm³/mol. The van der Waals surface area contributed by atoms with Crippen molar-refractivity contribution in [3.05, 3.63) is 39.7 Å². The third-order valence-electron chi connectivity index (χ3n) is 7.35. The number of rotatable bonds is 6. The first-order valence-electron chi connectivity index (χ1n) is 11.1. The number of esters is 1. The molecule has 6 heteroatoms. The topological polar surface area (TPSA) is 95.7 Å². The lowest BCUT2D eigenvalue weighted by molar-refractivity contribution is -0.130.